The maximum atomic E-state index is 11.5. The number of hydrogen-bond acceptors (Lipinski definition) is 2. The summed E-state index contributed by atoms with van der Waals surface area (Å²) in [7, 11) is 0. The lowest BCUT2D eigenvalue weighted by molar-refractivity contribution is 0.141. The van der Waals surface area contributed by atoms with Gasteiger partial charge in [0.05, 0.1) is 0 Å². The molecule has 1 fully saturated rings. The van der Waals surface area contributed by atoms with E-state index in [1.807, 2.05) is 11.8 Å². The van der Waals surface area contributed by atoms with Gasteiger partial charge in [0.1, 0.15) is 0 Å². The second-order valence-corrected chi connectivity index (χ2v) is 3.40. The molecular formula is C9H19N3O. The fraction of sp³-hybridized carbons (Fsp3) is 0.889. The Morgan fingerprint density at radius 1 is 1.62 bits per heavy atom. The summed E-state index contributed by atoms with van der Waals surface area (Å²) in [5, 5.41) is 2.81. The minimum absolute atomic E-state index is 0.0395. The molecule has 0 spiro atoms. The molecule has 1 rings (SSSR count). The zero-order chi connectivity index (χ0) is 9.68. The summed E-state index contributed by atoms with van der Waals surface area (Å²) in [6, 6.07) is 0.479. The number of hydrogen-bond donors (Lipinski definition) is 2. The van der Waals surface area contributed by atoms with Crippen LogP contribution in [0.5, 0.6) is 0 Å². The van der Waals surface area contributed by atoms with Crippen molar-refractivity contribution in [2.45, 2.75) is 32.2 Å². The molecule has 0 radical (unpaired) electrons. The Kier molecular flexibility index (Phi) is 4.02. The topological polar surface area (TPSA) is 58.4 Å². The first kappa shape index (κ1) is 10.3. The van der Waals surface area contributed by atoms with E-state index < -0.39 is 0 Å². The molecule has 0 bridgehead atoms. The van der Waals surface area contributed by atoms with Gasteiger partial charge in [-0.2, -0.15) is 0 Å². The molecule has 0 aromatic rings. The van der Waals surface area contributed by atoms with E-state index in [9.17, 15) is 4.79 Å². The van der Waals surface area contributed by atoms with Gasteiger partial charge in [-0.15, -0.1) is 0 Å². The molecule has 0 aromatic carbocycles. The summed E-state index contributed by atoms with van der Waals surface area (Å²) < 4.78 is 0. The van der Waals surface area contributed by atoms with Crippen LogP contribution in [0.1, 0.15) is 26.2 Å². The van der Waals surface area contributed by atoms with Crippen molar-refractivity contribution in [3.8, 4) is 0 Å². The Balaban J connectivity index is 2.40. The quantitative estimate of drug-likeness (QED) is 0.671. The maximum Gasteiger partial charge on any atom is 0.317 e. The number of nitrogens with one attached hydrogen (secondary N) is 1. The molecule has 4 nitrogen and oxygen atoms in total. The first-order valence-electron chi connectivity index (χ1n) is 5.04. The highest BCUT2D eigenvalue weighted by Crippen LogP contribution is 2.24. The van der Waals surface area contributed by atoms with E-state index in [0.717, 1.165) is 12.8 Å². The van der Waals surface area contributed by atoms with E-state index in [1.165, 1.54) is 6.42 Å². The van der Waals surface area contributed by atoms with Crippen molar-refractivity contribution >= 4 is 6.03 Å². The average molecular weight is 185 g/mol. The van der Waals surface area contributed by atoms with Gasteiger partial charge in [-0.1, -0.05) is 0 Å². The van der Waals surface area contributed by atoms with Gasteiger partial charge in [0, 0.05) is 25.7 Å². The Labute approximate surface area is 79.5 Å². The Morgan fingerprint density at radius 2 is 2.31 bits per heavy atom. The van der Waals surface area contributed by atoms with Crippen molar-refractivity contribution in [1.29, 1.82) is 0 Å². The lowest BCUT2D eigenvalue weighted by Crippen LogP contribution is -2.50. The summed E-state index contributed by atoms with van der Waals surface area (Å²) in [5.74, 6) is 0. The van der Waals surface area contributed by atoms with Crippen LogP contribution in [-0.2, 0) is 0 Å². The zero-order valence-electron chi connectivity index (χ0n) is 8.25. The lowest BCUT2D eigenvalue weighted by Gasteiger charge is -2.37. The largest absolute Gasteiger partial charge is 0.338 e. The summed E-state index contributed by atoms with van der Waals surface area (Å²) in [5.41, 5.74) is 5.46. The van der Waals surface area contributed by atoms with Crippen LogP contribution in [0, 0.1) is 0 Å². The monoisotopic (exact) mass is 185 g/mol. The Hall–Kier alpha value is -0.770. The zero-order valence-corrected chi connectivity index (χ0v) is 8.25. The number of carbonyl (C=O) groups is 1. The van der Waals surface area contributed by atoms with E-state index in [0.29, 0.717) is 25.7 Å². The van der Waals surface area contributed by atoms with E-state index in [4.69, 9.17) is 5.73 Å². The lowest BCUT2D eigenvalue weighted by atomic mass is 9.91. The van der Waals surface area contributed by atoms with Crippen LogP contribution in [0.3, 0.4) is 0 Å². The minimum atomic E-state index is 0.0395. The van der Waals surface area contributed by atoms with Crippen molar-refractivity contribution in [3.63, 3.8) is 0 Å². The number of carbonyl (C=O) groups excluding carboxylic acids is 1. The van der Waals surface area contributed by atoms with Crippen LogP contribution in [0.2, 0.25) is 0 Å². The van der Waals surface area contributed by atoms with Crippen molar-refractivity contribution in [2.75, 3.05) is 19.6 Å². The fourth-order valence-corrected chi connectivity index (χ4v) is 1.54. The van der Waals surface area contributed by atoms with Crippen molar-refractivity contribution in [2.24, 2.45) is 5.73 Å². The van der Waals surface area contributed by atoms with E-state index >= 15 is 0 Å². The molecule has 0 aliphatic heterocycles. The molecule has 0 atom stereocenters. The molecule has 4 heteroatoms. The van der Waals surface area contributed by atoms with Gasteiger partial charge >= 0.3 is 6.03 Å². The SMILES string of the molecule is CCNC(=O)N(CCN)C1CCC1. The highest BCUT2D eigenvalue weighted by Gasteiger charge is 2.27. The first-order chi connectivity index (χ1) is 6.29. The van der Waals surface area contributed by atoms with Gasteiger partial charge in [0.25, 0.3) is 0 Å². The Morgan fingerprint density at radius 3 is 2.69 bits per heavy atom. The molecule has 3 N–H and O–H groups in total. The van der Waals surface area contributed by atoms with Crippen LogP contribution in [0.15, 0.2) is 0 Å². The van der Waals surface area contributed by atoms with Gasteiger partial charge in [0.2, 0.25) is 0 Å². The highest BCUT2D eigenvalue weighted by molar-refractivity contribution is 5.74. The van der Waals surface area contributed by atoms with Crippen LogP contribution in [-0.4, -0.2) is 36.6 Å². The molecule has 0 saturated heterocycles. The summed E-state index contributed by atoms with van der Waals surface area (Å²) in [4.78, 5) is 13.4. The van der Waals surface area contributed by atoms with Gasteiger partial charge in [-0.3, -0.25) is 0 Å². The number of amides is 2. The number of urea groups is 1. The van der Waals surface area contributed by atoms with Gasteiger partial charge in [-0.05, 0) is 26.2 Å². The van der Waals surface area contributed by atoms with Crippen molar-refractivity contribution in [3.05, 3.63) is 0 Å². The first-order valence-corrected chi connectivity index (χ1v) is 5.04. The third-order valence-electron chi connectivity index (χ3n) is 2.47. The predicted octanol–water partition coefficient (Wildman–Crippen LogP) is 0.529. The normalized spacial score (nSPS) is 16.5. The van der Waals surface area contributed by atoms with Gasteiger partial charge < -0.3 is 16.0 Å². The number of rotatable bonds is 4. The molecule has 76 valence electrons. The third kappa shape index (κ3) is 2.59. The van der Waals surface area contributed by atoms with Crippen molar-refractivity contribution in [1.82, 2.24) is 10.2 Å². The van der Waals surface area contributed by atoms with Gasteiger partial charge in [-0.25, -0.2) is 4.79 Å². The summed E-state index contributed by atoms with van der Waals surface area (Å²) in [6.07, 6.45) is 3.51. The second kappa shape index (κ2) is 5.07. The Bertz CT molecular complexity index is 168. The van der Waals surface area contributed by atoms with Crippen molar-refractivity contribution < 1.29 is 4.79 Å². The van der Waals surface area contributed by atoms with E-state index in [1.54, 1.807) is 0 Å². The summed E-state index contributed by atoms with van der Waals surface area (Å²) >= 11 is 0. The van der Waals surface area contributed by atoms with Crippen LogP contribution in [0.4, 0.5) is 4.79 Å². The summed E-state index contributed by atoms with van der Waals surface area (Å²) in [6.45, 7) is 3.84. The molecule has 0 aromatic heterocycles. The number of nitrogens with two attached hydrogens (primary N) is 1. The molecule has 1 saturated carbocycles. The molecular weight excluding hydrogens is 166 g/mol. The molecule has 13 heavy (non-hydrogen) atoms. The predicted molar refractivity (Wildman–Crippen MR) is 52.5 cm³/mol. The fourth-order valence-electron chi connectivity index (χ4n) is 1.54. The highest BCUT2D eigenvalue weighted by atomic mass is 16.2. The molecule has 1 aliphatic carbocycles. The van der Waals surface area contributed by atoms with Crippen LogP contribution < -0.4 is 11.1 Å². The van der Waals surface area contributed by atoms with E-state index in [-0.39, 0.29) is 6.03 Å². The molecule has 2 amide bonds. The number of nitrogens with zero attached hydrogens (tertiary/aromatic N) is 1. The van der Waals surface area contributed by atoms with Crippen LogP contribution >= 0.6 is 0 Å². The molecule has 1 aliphatic rings. The van der Waals surface area contributed by atoms with E-state index in [2.05, 4.69) is 5.32 Å². The smallest absolute Gasteiger partial charge is 0.317 e. The third-order valence-corrected chi connectivity index (χ3v) is 2.47. The minimum Gasteiger partial charge on any atom is -0.338 e. The second-order valence-electron chi connectivity index (χ2n) is 3.40. The average Bonchev–Trinajstić information content (AvgIpc) is 2.01. The molecule has 0 heterocycles. The molecule has 0 unspecified atom stereocenters. The standard InChI is InChI=1S/C9H19N3O/c1-2-11-9(13)12(7-6-10)8-4-3-5-8/h8H,2-7,10H2,1H3,(H,11,13). The van der Waals surface area contributed by atoms with Crippen LogP contribution in [0.25, 0.3) is 0 Å². The van der Waals surface area contributed by atoms with Gasteiger partial charge in [0.15, 0.2) is 0 Å². The maximum absolute atomic E-state index is 11.5.